The standard InChI is InChI=1S/C14H20N4S/c1-10-13(14(15)17(2)16-10)9-18(11-5-6-11)8-12-4-3-7-19-12/h3-4,7,11H,5-6,8-9,15H2,1-2H3. The predicted octanol–water partition coefficient (Wildman–Crippen LogP) is 2.54. The Kier molecular flexibility index (Phi) is 3.33. The second kappa shape index (κ2) is 4.98. The maximum atomic E-state index is 6.12. The van der Waals surface area contributed by atoms with Crippen molar-refractivity contribution in [3.63, 3.8) is 0 Å². The van der Waals surface area contributed by atoms with Crippen LogP contribution in [0.25, 0.3) is 0 Å². The van der Waals surface area contributed by atoms with E-state index in [1.165, 1.54) is 23.3 Å². The number of hydrogen-bond donors (Lipinski definition) is 1. The zero-order valence-corrected chi connectivity index (χ0v) is 12.3. The van der Waals surface area contributed by atoms with E-state index in [1.54, 1.807) is 4.68 Å². The quantitative estimate of drug-likeness (QED) is 0.913. The van der Waals surface area contributed by atoms with E-state index in [4.69, 9.17) is 5.73 Å². The molecule has 0 atom stereocenters. The molecule has 0 aromatic carbocycles. The molecule has 2 aromatic rings. The van der Waals surface area contributed by atoms with E-state index >= 15 is 0 Å². The molecule has 2 heterocycles. The molecule has 0 amide bonds. The number of nitrogens with zero attached hydrogens (tertiary/aromatic N) is 3. The molecule has 1 fully saturated rings. The number of rotatable bonds is 5. The molecule has 3 rings (SSSR count). The van der Waals surface area contributed by atoms with E-state index in [0.29, 0.717) is 0 Å². The highest BCUT2D eigenvalue weighted by atomic mass is 32.1. The van der Waals surface area contributed by atoms with Crippen LogP contribution in [0, 0.1) is 6.92 Å². The fourth-order valence-electron chi connectivity index (χ4n) is 2.47. The molecule has 19 heavy (non-hydrogen) atoms. The summed E-state index contributed by atoms with van der Waals surface area (Å²) in [4.78, 5) is 3.96. The molecule has 0 aliphatic heterocycles. The minimum atomic E-state index is 0.723. The van der Waals surface area contributed by atoms with Gasteiger partial charge >= 0.3 is 0 Å². The van der Waals surface area contributed by atoms with E-state index in [2.05, 4.69) is 27.5 Å². The minimum absolute atomic E-state index is 0.723. The third-order valence-corrected chi connectivity index (χ3v) is 4.62. The smallest absolute Gasteiger partial charge is 0.126 e. The first kappa shape index (κ1) is 12.7. The van der Waals surface area contributed by atoms with Gasteiger partial charge in [0, 0.05) is 36.6 Å². The third-order valence-electron chi connectivity index (χ3n) is 3.76. The van der Waals surface area contributed by atoms with Crippen LogP contribution in [0.15, 0.2) is 17.5 Å². The molecule has 0 radical (unpaired) electrons. The van der Waals surface area contributed by atoms with Gasteiger partial charge in [0.2, 0.25) is 0 Å². The first-order valence-electron chi connectivity index (χ1n) is 6.69. The van der Waals surface area contributed by atoms with Crippen molar-refractivity contribution in [3.8, 4) is 0 Å². The average molecular weight is 276 g/mol. The molecule has 2 N–H and O–H groups in total. The molecular weight excluding hydrogens is 256 g/mol. The molecule has 0 unspecified atom stereocenters. The van der Waals surface area contributed by atoms with Crippen molar-refractivity contribution >= 4 is 17.2 Å². The molecule has 0 bridgehead atoms. The van der Waals surface area contributed by atoms with E-state index in [0.717, 1.165) is 30.6 Å². The SMILES string of the molecule is Cc1nn(C)c(N)c1CN(Cc1cccs1)C1CC1. The summed E-state index contributed by atoms with van der Waals surface area (Å²) in [6.45, 7) is 3.98. The summed E-state index contributed by atoms with van der Waals surface area (Å²) in [5.74, 6) is 0.800. The number of anilines is 1. The highest BCUT2D eigenvalue weighted by Crippen LogP contribution is 2.32. The number of nitrogens with two attached hydrogens (primary N) is 1. The normalized spacial score (nSPS) is 15.3. The van der Waals surface area contributed by atoms with Crippen LogP contribution in [0.1, 0.15) is 29.0 Å². The first-order chi connectivity index (χ1) is 9.15. The fourth-order valence-corrected chi connectivity index (χ4v) is 3.20. The van der Waals surface area contributed by atoms with Crippen LogP contribution in [0.4, 0.5) is 5.82 Å². The van der Waals surface area contributed by atoms with E-state index < -0.39 is 0 Å². The van der Waals surface area contributed by atoms with Gasteiger partial charge in [-0.15, -0.1) is 11.3 Å². The van der Waals surface area contributed by atoms with Crippen LogP contribution < -0.4 is 5.73 Å². The molecule has 0 saturated heterocycles. The van der Waals surface area contributed by atoms with Crippen molar-refractivity contribution in [1.82, 2.24) is 14.7 Å². The van der Waals surface area contributed by atoms with E-state index in [9.17, 15) is 0 Å². The van der Waals surface area contributed by atoms with Gasteiger partial charge in [-0.05, 0) is 31.2 Å². The van der Waals surface area contributed by atoms with Gasteiger partial charge in [-0.3, -0.25) is 9.58 Å². The molecule has 102 valence electrons. The molecular formula is C14H20N4S. The van der Waals surface area contributed by atoms with Gasteiger partial charge in [-0.1, -0.05) is 6.07 Å². The third kappa shape index (κ3) is 2.67. The minimum Gasteiger partial charge on any atom is -0.384 e. The molecule has 4 nitrogen and oxygen atoms in total. The Morgan fingerprint density at radius 1 is 1.47 bits per heavy atom. The first-order valence-corrected chi connectivity index (χ1v) is 7.57. The van der Waals surface area contributed by atoms with Gasteiger partial charge < -0.3 is 5.73 Å². The number of nitrogen functional groups attached to an aromatic ring is 1. The summed E-state index contributed by atoms with van der Waals surface area (Å²) in [7, 11) is 1.91. The van der Waals surface area contributed by atoms with Gasteiger partial charge in [0.05, 0.1) is 5.69 Å². The molecule has 2 aromatic heterocycles. The topological polar surface area (TPSA) is 47.1 Å². The Morgan fingerprint density at radius 3 is 2.79 bits per heavy atom. The summed E-state index contributed by atoms with van der Waals surface area (Å²) >= 11 is 1.83. The lowest BCUT2D eigenvalue weighted by Crippen LogP contribution is -2.25. The number of thiophene rings is 1. The Labute approximate surface area is 117 Å². The average Bonchev–Trinajstić information content (AvgIpc) is 3.05. The lowest BCUT2D eigenvalue weighted by Gasteiger charge is -2.21. The van der Waals surface area contributed by atoms with Gasteiger partial charge in [0.15, 0.2) is 0 Å². The summed E-state index contributed by atoms with van der Waals surface area (Å²) in [5, 5.41) is 6.55. The van der Waals surface area contributed by atoms with Crippen LogP contribution in [-0.2, 0) is 20.1 Å². The molecule has 1 saturated carbocycles. The van der Waals surface area contributed by atoms with Crippen molar-refractivity contribution in [2.24, 2.45) is 7.05 Å². The summed E-state index contributed by atoms with van der Waals surface area (Å²) in [6, 6.07) is 5.05. The predicted molar refractivity (Wildman–Crippen MR) is 78.9 cm³/mol. The molecule has 0 spiro atoms. The lowest BCUT2D eigenvalue weighted by atomic mass is 10.2. The van der Waals surface area contributed by atoms with Crippen molar-refractivity contribution in [3.05, 3.63) is 33.6 Å². The van der Waals surface area contributed by atoms with Crippen LogP contribution in [0.5, 0.6) is 0 Å². The Morgan fingerprint density at radius 2 is 2.26 bits per heavy atom. The van der Waals surface area contributed by atoms with Crippen molar-refractivity contribution in [2.75, 3.05) is 5.73 Å². The van der Waals surface area contributed by atoms with E-state index in [-0.39, 0.29) is 0 Å². The fraction of sp³-hybridized carbons (Fsp3) is 0.500. The summed E-state index contributed by atoms with van der Waals surface area (Å²) in [5.41, 5.74) is 8.36. The maximum Gasteiger partial charge on any atom is 0.126 e. The highest BCUT2D eigenvalue weighted by Gasteiger charge is 2.30. The zero-order chi connectivity index (χ0) is 13.4. The van der Waals surface area contributed by atoms with Gasteiger partial charge in [0.25, 0.3) is 0 Å². The van der Waals surface area contributed by atoms with Crippen LogP contribution in [-0.4, -0.2) is 20.7 Å². The second-order valence-corrected chi connectivity index (χ2v) is 6.32. The number of aromatic nitrogens is 2. The number of aryl methyl sites for hydroxylation is 2. The second-order valence-electron chi connectivity index (χ2n) is 5.29. The zero-order valence-electron chi connectivity index (χ0n) is 11.5. The molecule has 5 heteroatoms. The van der Waals surface area contributed by atoms with Crippen molar-refractivity contribution in [1.29, 1.82) is 0 Å². The Bertz CT molecular complexity index is 554. The van der Waals surface area contributed by atoms with Gasteiger partial charge in [-0.2, -0.15) is 5.10 Å². The molecule has 1 aliphatic carbocycles. The largest absolute Gasteiger partial charge is 0.384 e. The van der Waals surface area contributed by atoms with E-state index in [1.807, 2.05) is 25.3 Å². The van der Waals surface area contributed by atoms with Crippen molar-refractivity contribution < 1.29 is 0 Å². The highest BCUT2D eigenvalue weighted by molar-refractivity contribution is 7.09. The Hall–Kier alpha value is -1.33. The summed E-state index contributed by atoms with van der Waals surface area (Å²) in [6.07, 6.45) is 2.62. The van der Waals surface area contributed by atoms with Crippen LogP contribution >= 0.6 is 11.3 Å². The van der Waals surface area contributed by atoms with Crippen LogP contribution in [0.3, 0.4) is 0 Å². The van der Waals surface area contributed by atoms with Gasteiger partial charge in [0.1, 0.15) is 5.82 Å². The maximum absolute atomic E-state index is 6.12. The molecule has 1 aliphatic rings. The monoisotopic (exact) mass is 276 g/mol. The Balaban J connectivity index is 1.78. The van der Waals surface area contributed by atoms with Crippen molar-refractivity contribution in [2.45, 2.75) is 38.9 Å². The lowest BCUT2D eigenvalue weighted by molar-refractivity contribution is 0.248. The number of hydrogen-bond acceptors (Lipinski definition) is 4. The van der Waals surface area contributed by atoms with Gasteiger partial charge in [-0.25, -0.2) is 0 Å². The summed E-state index contributed by atoms with van der Waals surface area (Å²) < 4.78 is 1.78. The van der Waals surface area contributed by atoms with Crippen LogP contribution in [0.2, 0.25) is 0 Å².